The van der Waals surface area contributed by atoms with E-state index in [0.29, 0.717) is 18.7 Å². The van der Waals surface area contributed by atoms with Crippen LogP contribution in [0.5, 0.6) is 0 Å². The first kappa shape index (κ1) is 11.5. The predicted octanol–water partition coefficient (Wildman–Crippen LogP) is 1.99. The lowest BCUT2D eigenvalue weighted by molar-refractivity contribution is -0.135. The Labute approximate surface area is 100 Å². The lowest BCUT2D eigenvalue weighted by Gasteiger charge is -2.01. The maximum absolute atomic E-state index is 11.4. The smallest absolute Gasteiger partial charge is 0.354 e. The quantitative estimate of drug-likeness (QED) is 0.743. The van der Waals surface area contributed by atoms with Gasteiger partial charge >= 0.3 is 5.97 Å². The van der Waals surface area contributed by atoms with Crippen molar-refractivity contribution in [3.63, 3.8) is 0 Å². The van der Waals surface area contributed by atoms with Crippen LogP contribution in [-0.2, 0) is 16.0 Å². The van der Waals surface area contributed by atoms with Crippen LogP contribution < -0.4 is 0 Å². The molecule has 1 aliphatic rings. The SMILES string of the molecule is CCOC(=O)C1=NN=C(Cc2ccccc2)C1. The second-order valence-corrected chi connectivity index (χ2v) is 3.77. The van der Waals surface area contributed by atoms with Crippen molar-refractivity contribution in [3.05, 3.63) is 35.9 Å². The fourth-order valence-electron chi connectivity index (χ4n) is 1.65. The topological polar surface area (TPSA) is 51.0 Å². The number of ether oxygens (including phenoxy) is 1. The minimum atomic E-state index is -0.362. The average Bonchev–Trinajstić information content (AvgIpc) is 2.79. The lowest BCUT2D eigenvalue weighted by atomic mass is 10.1. The van der Waals surface area contributed by atoms with E-state index in [1.54, 1.807) is 6.92 Å². The third-order valence-corrected chi connectivity index (χ3v) is 2.45. The standard InChI is InChI=1S/C13H14N2O2/c1-2-17-13(16)12-9-11(14-15-12)8-10-6-4-3-5-7-10/h3-7H,2,8-9H2,1H3. The van der Waals surface area contributed by atoms with Gasteiger partial charge in [-0.05, 0) is 12.5 Å². The molecule has 88 valence electrons. The molecule has 0 atom stereocenters. The highest BCUT2D eigenvalue weighted by Gasteiger charge is 2.20. The van der Waals surface area contributed by atoms with Crippen molar-refractivity contribution in [1.82, 2.24) is 0 Å². The first-order valence-corrected chi connectivity index (χ1v) is 5.63. The van der Waals surface area contributed by atoms with E-state index in [4.69, 9.17) is 4.74 Å². The van der Waals surface area contributed by atoms with Crippen molar-refractivity contribution in [3.8, 4) is 0 Å². The minimum absolute atomic E-state index is 0.362. The molecule has 0 aliphatic carbocycles. The molecule has 1 heterocycles. The third-order valence-electron chi connectivity index (χ3n) is 2.45. The van der Waals surface area contributed by atoms with Crippen molar-refractivity contribution in [2.45, 2.75) is 19.8 Å². The highest BCUT2D eigenvalue weighted by molar-refractivity contribution is 6.41. The largest absolute Gasteiger partial charge is 0.461 e. The molecule has 0 radical (unpaired) electrons. The van der Waals surface area contributed by atoms with Crippen molar-refractivity contribution in [2.24, 2.45) is 10.2 Å². The fraction of sp³-hybridized carbons (Fsp3) is 0.308. The van der Waals surface area contributed by atoms with Gasteiger partial charge in [0.2, 0.25) is 0 Å². The van der Waals surface area contributed by atoms with Crippen LogP contribution in [0.15, 0.2) is 40.5 Å². The Morgan fingerprint density at radius 2 is 2.06 bits per heavy atom. The number of hydrogen-bond acceptors (Lipinski definition) is 4. The Balaban J connectivity index is 1.90. The molecule has 2 rings (SSSR count). The first-order valence-electron chi connectivity index (χ1n) is 5.63. The van der Waals surface area contributed by atoms with Gasteiger partial charge in [-0.2, -0.15) is 5.10 Å². The van der Waals surface area contributed by atoms with Crippen molar-refractivity contribution in [1.29, 1.82) is 0 Å². The van der Waals surface area contributed by atoms with Gasteiger partial charge in [-0.15, -0.1) is 5.10 Å². The molecule has 0 aromatic heterocycles. The summed E-state index contributed by atoms with van der Waals surface area (Å²) in [5, 5.41) is 7.88. The molecule has 0 saturated carbocycles. The summed E-state index contributed by atoms with van der Waals surface area (Å²) in [6.07, 6.45) is 1.22. The zero-order valence-electron chi connectivity index (χ0n) is 9.72. The van der Waals surface area contributed by atoms with E-state index in [1.165, 1.54) is 5.56 Å². The molecule has 1 aromatic carbocycles. The van der Waals surface area contributed by atoms with Crippen LogP contribution in [0.1, 0.15) is 18.9 Å². The molecule has 17 heavy (non-hydrogen) atoms. The number of carbonyl (C=O) groups is 1. The summed E-state index contributed by atoms with van der Waals surface area (Å²) in [6, 6.07) is 10.0. The average molecular weight is 230 g/mol. The van der Waals surface area contributed by atoms with Crippen LogP contribution in [0.4, 0.5) is 0 Å². The van der Waals surface area contributed by atoms with Crippen molar-refractivity contribution >= 4 is 17.4 Å². The number of carbonyl (C=O) groups excluding carboxylic acids is 1. The second-order valence-electron chi connectivity index (χ2n) is 3.77. The summed E-state index contributed by atoms with van der Waals surface area (Å²) in [6.45, 7) is 2.14. The van der Waals surface area contributed by atoms with Crippen LogP contribution >= 0.6 is 0 Å². The van der Waals surface area contributed by atoms with Gasteiger partial charge in [0.05, 0.1) is 12.3 Å². The molecule has 1 aliphatic heterocycles. The van der Waals surface area contributed by atoms with Gasteiger partial charge in [-0.3, -0.25) is 0 Å². The predicted molar refractivity (Wildman–Crippen MR) is 66.3 cm³/mol. The van der Waals surface area contributed by atoms with E-state index in [2.05, 4.69) is 10.2 Å². The van der Waals surface area contributed by atoms with Crippen LogP contribution in [0, 0.1) is 0 Å². The maximum atomic E-state index is 11.4. The number of rotatable bonds is 4. The monoisotopic (exact) mass is 230 g/mol. The summed E-state index contributed by atoms with van der Waals surface area (Å²) in [5.41, 5.74) is 2.48. The van der Waals surface area contributed by atoms with Gasteiger partial charge in [0.15, 0.2) is 5.71 Å². The fourth-order valence-corrected chi connectivity index (χ4v) is 1.65. The highest BCUT2D eigenvalue weighted by Crippen LogP contribution is 2.10. The van der Waals surface area contributed by atoms with E-state index in [1.807, 2.05) is 30.3 Å². The molecular formula is C13H14N2O2. The van der Waals surface area contributed by atoms with Crippen molar-refractivity contribution in [2.75, 3.05) is 6.61 Å². The Morgan fingerprint density at radius 1 is 1.29 bits per heavy atom. The number of hydrogen-bond donors (Lipinski definition) is 0. The van der Waals surface area contributed by atoms with Crippen LogP contribution in [0.2, 0.25) is 0 Å². The summed E-state index contributed by atoms with van der Waals surface area (Å²) in [7, 11) is 0. The van der Waals surface area contributed by atoms with Gasteiger partial charge in [0.25, 0.3) is 0 Å². The number of benzene rings is 1. The molecule has 0 spiro atoms. The molecule has 0 N–H and O–H groups in total. The zero-order chi connectivity index (χ0) is 12.1. The van der Waals surface area contributed by atoms with Gasteiger partial charge in [0.1, 0.15) is 0 Å². The molecule has 0 fully saturated rings. The second kappa shape index (κ2) is 5.39. The minimum Gasteiger partial charge on any atom is -0.461 e. The Kier molecular flexibility index (Phi) is 3.65. The maximum Gasteiger partial charge on any atom is 0.354 e. The third kappa shape index (κ3) is 3.00. The van der Waals surface area contributed by atoms with Gasteiger partial charge in [0, 0.05) is 12.8 Å². The highest BCUT2D eigenvalue weighted by atomic mass is 16.5. The summed E-state index contributed by atoms with van der Waals surface area (Å²) in [5.74, 6) is -0.362. The van der Waals surface area contributed by atoms with Gasteiger partial charge in [-0.25, -0.2) is 4.79 Å². The van der Waals surface area contributed by atoms with E-state index < -0.39 is 0 Å². The molecule has 4 nitrogen and oxygen atoms in total. The summed E-state index contributed by atoms with van der Waals surface area (Å²) >= 11 is 0. The van der Waals surface area contributed by atoms with Crippen LogP contribution in [0.3, 0.4) is 0 Å². The molecule has 0 bridgehead atoms. The Morgan fingerprint density at radius 3 is 2.76 bits per heavy atom. The number of nitrogens with zero attached hydrogens (tertiary/aromatic N) is 2. The van der Waals surface area contributed by atoms with E-state index in [9.17, 15) is 4.79 Å². The molecule has 0 saturated heterocycles. The molecular weight excluding hydrogens is 216 g/mol. The van der Waals surface area contributed by atoms with Crippen LogP contribution in [0.25, 0.3) is 0 Å². The normalized spacial score (nSPS) is 14.2. The lowest BCUT2D eigenvalue weighted by Crippen LogP contribution is -2.18. The molecule has 4 heteroatoms. The van der Waals surface area contributed by atoms with E-state index in [-0.39, 0.29) is 5.97 Å². The molecule has 1 aromatic rings. The molecule has 0 unspecified atom stereocenters. The van der Waals surface area contributed by atoms with E-state index >= 15 is 0 Å². The van der Waals surface area contributed by atoms with E-state index in [0.717, 1.165) is 12.1 Å². The summed E-state index contributed by atoms with van der Waals surface area (Å²) in [4.78, 5) is 11.4. The zero-order valence-corrected chi connectivity index (χ0v) is 9.72. The van der Waals surface area contributed by atoms with Crippen LogP contribution in [-0.4, -0.2) is 24.0 Å². The number of esters is 1. The summed E-state index contributed by atoms with van der Waals surface area (Å²) < 4.78 is 4.88. The van der Waals surface area contributed by atoms with Gasteiger partial charge < -0.3 is 4.74 Å². The van der Waals surface area contributed by atoms with Crippen molar-refractivity contribution < 1.29 is 9.53 Å². The molecule has 0 amide bonds. The first-order chi connectivity index (χ1) is 8.29. The Bertz CT molecular complexity index is 464. The van der Waals surface area contributed by atoms with Gasteiger partial charge in [-0.1, -0.05) is 30.3 Å². The Hall–Kier alpha value is -1.97.